The van der Waals surface area contributed by atoms with Crippen LogP contribution in [0.5, 0.6) is 0 Å². The van der Waals surface area contributed by atoms with E-state index in [2.05, 4.69) is 27.8 Å². The topological polar surface area (TPSA) is 46.4 Å². The molecule has 0 aromatic heterocycles. The van der Waals surface area contributed by atoms with E-state index >= 15 is 0 Å². The maximum absolute atomic E-state index is 11.2. The maximum atomic E-state index is 11.2. The molecule has 1 heterocycles. The SMILES string of the molecule is CC1CSCCN1c1ccc(CBr)cc1[N+](=O)[O-]. The van der Waals surface area contributed by atoms with Gasteiger partial charge in [0, 0.05) is 35.5 Å². The van der Waals surface area contributed by atoms with Crippen molar-refractivity contribution in [3.8, 4) is 0 Å². The lowest BCUT2D eigenvalue weighted by molar-refractivity contribution is -0.384. The lowest BCUT2D eigenvalue weighted by Gasteiger charge is -2.34. The lowest BCUT2D eigenvalue weighted by Crippen LogP contribution is -2.40. The molecular formula is C12H15BrN2O2S. The van der Waals surface area contributed by atoms with Gasteiger partial charge in [-0.1, -0.05) is 22.0 Å². The van der Waals surface area contributed by atoms with Gasteiger partial charge in [-0.2, -0.15) is 11.8 Å². The number of nitro benzene ring substituents is 1. The molecule has 0 bridgehead atoms. The van der Waals surface area contributed by atoms with Crippen molar-refractivity contribution in [2.24, 2.45) is 0 Å². The predicted molar refractivity (Wildman–Crippen MR) is 79.9 cm³/mol. The van der Waals surface area contributed by atoms with Crippen LogP contribution in [0.2, 0.25) is 0 Å². The molecule has 1 aromatic rings. The summed E-state index contributed by atoms with van der Waals surface area (Å²) in [5.41, 5.74) is 1.90. The first-order chi connectivity index (χ1) is 8.63. The second-order valence-corrected chi connectivity index (χ2v) is 6.04. The number of thioether (sulfide) groups is 1. The number of rotatable bonds is 3. The zero-order valence-corrected chi connectivity index (χ0v) is 12.5. The molecule has 1 aliphatic rings. The van der Waals surface area contributed by atoms with E-state index in [0.717, 1.165) is 29.3 Å². The van der Waals surface area contributed by atoms with Crippen molar-refractivity contribution in [1.29, 1.82) is 0 Å². The molecule has 1 unspecified atom stereocenters. The van der Waals surface area contributed by atoms with Crippen LogP contribution in [0, 0.1) is 10.1 Å². The fourth-order valence-corrected chi connectivity index (χ4v) is 3.49. The molecular weight excluding hydrogens is 316 g/mol. The van der Waals surface area contributed by atoms with Gasteiger partial charge in [0.1, 0.15) is 5.69 Å². The van der Waals surface area contributed by atoms with E-state index < -0.39 is 0 Å². The number of alkyl halides is 1. The second-order valence-electron chi connectivity index (χ2n) is 4.33. The summed E-state index contributed by atoms with van der Waals surface area (Å²) in [6.45, 7) is 2.99. The van der Waals surface area contributed by atoms with E-state index in [1.807, 2.05) is 23.9 Å². The minimum Gasteiger partial charge on any atom is -0.362 e. The second kappa shape index (κ2) is 5.93. The van der Waals surface area contributed by atoms with Crippen molar-refractivity contribution in [3.63, 3.8) is 0 Å². The van der Waals surface area contributed by atoms with Gasteiger partial charge in [0.15, 0.2) is 0 Å². The summed E-state index contributed by atoms with van der Waals surface area (Å²) >= 11 is 5.24. The molecule has 1 saturated heterocycles. The van der Waals surface area contributed by atoms with Crippen LogP contribution in [0.4, 0.5) is 11.4 Å². The number of benzene rings is 1. The normalized spacial score (nSPS) is 19.9. The zero-order chi connectivity index (χ0) is 13.1. The smallest absolute Gasteiger partial charge is 0.292 e. The molecule has 2 rings (SSSR count). The molecule has 1 atom stereocenters. The Morgan fingerprint density at radius 2 is 2.39 bits per heavy atom. The first kappa shape index (κ1) is 13.7. The molecule has 1 aromatic carbocycles. The average Bonchev–Trinajstić information content (AvgIpc) is 2.38. The van der Waals surface area contributed by atoms with Crippen molar-refractivity contribution < 1.29 is 4.92 Å². The first-order valence-electron chi connectivity index (χ1n) is 5.81. The van der Waals surface area contributed by atoms with Crippen molar-refractivity contribution >= 4 is 39.1 Å². The van der Waals surface area contributed by atoms with Crippen LogP contribution >= 0.6 is 27.7 Å². The molecule has 0 radical (unpaired) electrons. The molecule has 4 nitrogen and oxygen atoms in total. The summed E-state index contributed by atoms with van der Waals surface area (Å²) in [7, 11) is 0. The van der Waals surface area contributed by atoms with Gasteiger partial charge in [0.05, 0.1) is 4.92 Å². The highest BCUT2D eigenvalue weighted by atomic mass is 79.9. The highest BCUT2D eigenvalue weighted by Crippen LogP contribution is 2.33. The van der Waals surface area contributed by atoms with Gasteiger partial charge in [-0.15, -0.1) is 0 Å². The molecule has 0 saturated carbocycles. The Morgan fingerprint density at radius 1 is 1.61 bits per heavy atom. The summed E-state index contributed by atoms with van der Waals surface area (Å²) in [5.74, 6) is 2.05. The van der Waals surface area contributed by atoms with E-state index in [-0.39, 0.29) is 10.6 Å². The Balaban J connectivity index is 2.39. The van der Waals surface area contributed by atoms with Crippen LogP contribution in [0.3, 0.4) is 0 Å². The zero-order valence-electron chi connectivity index (χ0n) is 10.1. The minimum absolute atomic E-state index is 0.214. The number of nitro groups is 1. The van der Waals surface area contributed by atoms with Crippen LogP contribution < -0.4 is 4.90 Å². The summed E-state index contributed by atoms with van der Waals surface area (Å²) in [4.78, 5) is 13.1. The summed E-state index contributed by atoms with van der Waals surface area (Å²) in [6.07, 6.45) is 0. The van der Waals surface area contributed by atoms with Crippen LogP contribution in [0.15, 0.2) is 18.2 Å². The predicted octanol–water partition coefficient (Wildman–Crippen LogP) is 3.43. The van der Waals surface area contributed by atoms with Crippen molar-refractivity contribution in [2.45, 2.75) is 18.3 Å². The van der Waals surface area contributed by atoms with Crippen LogP contribution in [0.25, 0.3) is 0 Å². The van der Waals surface area contributed by atoms with E-state index in [4.69, 9.17) is 0 Å². The van der Waals surface area contributed by atoms with Crippen molar-refractivity contribution in [3.05, 3.63) is 33.9 Å². The largest absolute Gasteiger partial charge is 0.362 e. The minimum atomic E-state index is -0.282. The molecule has 0 aliphatic carbocycles. The molecule has 1 aliphatic heterocycles. The monoisotopic (exact) mass is 330 g/mol. The highest BCUT2D eigenvalue weighted by Gasteiger charge is 2.25. The number of hydrogen-bond acceptors (Lipinski definition) is 4. The molecule has 0 N–H and O–H groups in total. The molecule has 98 valence electrons. The molecule has 18 heavy (non-hydrogen) atoms. The first-order valence-corrected chi connectivity index (χ1v) is 8.08. The summed E-state index contributed by atoms with van der Waals surface area (Å²) in [5, 5.41) is 11.8. The van der Waals surface area contributed by atoms with Gasteiger partial charge in [-0.3, -0.25) is 10.1 Å². The van der Waals surface area contributed by atoms with Gasteiger partial charge in [0.2, 0.25) is 0 Å². The third-order valence-corrected chi connectivity index (χ3v) is 4.90. The number of anilines is 1. The van der Waals surface area contributed by atoms with E-state index in [0.29, 0.717) is 11.4 Å². The average molecular weight is 331 g/mol. The number of nitrogens with zero attached hydrogens (tertiary/aromatic N) is 2. The molecule has 0 amide bonds. The summed E-state index contributed by atoms with van der Waals surface area (Å²) < 4.78 is 0. The quantitative estimate of drug-likeness (QED) is 0.484. The Hall–Kier alpha value is -0.750. The highest BCUT2D eigenvalue weighted by molar-refractivity contribution is 9.08. The number of hydrogen-bond donors (Lipinski definition) is 0. The lowest BCUT2D eigenvalue weighted by atomic mass is 10.1. The van der Waals surface area contributed by atoms with Crippen LogP contribution in [-0.2, 0) is 5.33 Å². The third kappa shape index (κ3) is 2.80. The number of halogens is 1. The van der Waals surface area contributed by atoms with Gasteiger partial charge in [-0.25, -0.2) is 0 Å². The van der Waals surface area contributed by atoms with Gasteiger partial charge in [0.25, 0.3) is 5.69 Å². The van der Waals surface area contributed by atoms with E-state index in [1.165, 1.54) is 0 Å². The Labute approximate surface area is 119 Å². The van der Waals surface area contributed by atoms with Crippen molar-refractivity contribution in [2.75, 3.05) is 23.0 Å². The Kier molecular flexibility index (Phi) is 4.50. The van der Waals surface area contributed by atoms with Crippen LogP contribution in [-0.4, -0.2) is 29.0 Å². The Morgan fingerprint density at radius 3 is 3.00 bits per heavy atom. The Bertz CT molecular complexity index is 456. The summed E-state index contributed by atoms with van der Waals surface area (Å²) in [6, 6.07) is 5.84. The van der Waals surface area contributed by atoms with Gasteiger partial charge < -0.3 is 4.90 Å². The van der Waals surface area contributed by atoms with Gasteiger partial charge in [-0.05, 0) is 18.6 Å². The van der Waals surface area contributed by atoms with E-state index in [1.54, 1.807) is 6.07 Å². The fraction of sp³-hybridized carbons (Fsp3) is 0.500. The van der Waals surface area contributed by atoms with E-state index in [9.17, 15) is 10.1 Å². The maximum Gasteiger partial charge on any atom is 0.292 e. The van der Waals surface area contributed by atoms with Crippen molar-refractivity contribution in [1.82, 2.24) is 0 Å². The standard InChI is InChI=1S/C12H15BrN2O2S/c1-9-8-18-5-4-14(9)11-3-2-10(7-13)6-12(11)15(16)17/h2-3,6,9H,4-5,7-8H2,1H3. The molecule has 6 heteroatoms. The third-order valence-electron chi connectivity index (χ3n) is 3.07. The molecule has 0 spiro atoms. The fourth-order valence-electron chi connectivity index (χ4n) is 2.13. The van der Waals surface area contributed by atoms with Gasteiger partial charge >= 0.3 is 0 Å². The molecule has 1 fully saturated rings. The van der Waals surface area contributed by atoms with Crippen LogP contribution in [0.1, 0.15) is 12.5 Å².